The fraction of sp³-hybridized carbons (Fsp3) is 0.0667. The Labute approximate surface area is 306 Å². The van der Waals surface area contributed by atoms with Crippen LogP contribution in [0.3, 0.4) is 0 Å². The van der Waals surface area contributed by atoms with Crippen LogP contribution in [0.15, 0.2) is 152 Å². The molecule has 50 heavy (non-hydrogen) atoms. The number of fused-ring (bicyclic) bond motifs is 4. The molecule has 244 valence electrons. The van der Waals surface area contributed by atoms with Gasteiger partial charge in [0.15, 0.2) is 0 Å². The first kappa shape index (κ1) is 31.7. The van der Waals surface area contributed by atoms with Gasteiger partial charge in [0.2, 0.25) is 0 Å². The van der Waals surface area contributed by atoms with Crippen molar-refractivity contribution in [2.45, 2.75) is 19.3 Å². The van der Waals surface area contributed by atoms with E-state index in [1.165, 1.54) is 22.3 Å². The third-order valence-electron chi connectivity index (χ3n) is 9.83. The molecule has 0 spiro atoms. The quantitative estimate of drug-likeness (QED) is 0.176. The molecule has 0 saturated heterocycles. The summed E-state index contributed by atoms with van der Waals surface area (Å²) in [6, 6.07) is 53.4. The number of para-hydroxylation sites is 3. The van der Waals surface area contributed by atoms with E-state index in [1.807, 2.05) is 48.7 Å². The molecular weight excluding hydrogens is 794 g/mol. The Balaban J connectivity index is 0.00000361. The molecule has 0 aliphatic heterocycles. The van der Waals surface area contributed by atoms with Crippen LogP contribution in [-0.2, 0) is 26.5 Å². The fourth-order valence-corrected chi connectivity index (χ4v) is 7.56. The number of rotatable bonds is 5. The van der Waals surface area contributed by atoms with Crippen molar-refractivity contribution < 1.29 is 26.2 Å². The monoisotopic (exact) mass is 825 g/mol. The molecule has 0 amide bonds. The van der Waals surface area contributed by atoms with E-state index < -0.39 is 0 Å². The molecule has 0 fully saturated rings. The van der Waals surface area contributed by atoms with Gasteiger partial charge in [0.25, 0.3) is 0 Å². The van der Waals surface area contributed by atoms with Gasteiger partial charge in [0, 0.05) is 44.1 Å². The van der Waals surface area contributed by atoms with E-state index in [2.05, 4.69) is 122 Å². The van der Waals surface area contributed by atoms with Gasteiger partial charge in [0.05, 0.1) is 16.6 Å². The van der Waals surface area contributed by atoms with Gasteiger partial charge >= 0.3 is 0 Å². The Bertz CT molecular complexity index is 2540. The summed E-state index contributed by atoms with van der Waals surface area (Å²) in [5.41, 5.74) is 14.2. The number of phenolic OH excluding ortho intramolecular Hbond substituents is 1. The van der Waals surface area contributed by atoms with Gasteiger partial charge in [-0.15, -0.1) is 23.8 Å². The zero-order valence-electron chi connectivity index (χ0n) is 27.5. The second-order valence-electron chi connectivity index (χ2n) is 13.1. The third-order valence-corrected chi connectivity index (χ3v) is 9.83. The van der Waals surface area contributed by atoms with Crippen LogP contribution in [-0.4, -0.2) is 19.6 Å². The van der Waals surface area contributed by atoms with Gasteiger partial charge in [-0.1, -0.05) is 128 Å². The maximum absolute atomic E-state index is 11.0. The van der Waals surface area contributed by atoms with E-state index in [-0.39, 0.29) is 32.2 Å². The average molecular weight is 826 g/mol. The Morgan fingerprint density at radius 1 is 0.620 bits per heavy atom. The van der Waals surface area contributed by atoms with Gasteiger partial charge in [-0.3, -0.25) is 9.55 Å². The SMILES string of the molecule is CC1(C)c2ccccc2-c2ccnc(-c3[c-]c(-c4cccc5c4nc(-c4ccccc4O)n5-c4ccccc4)cc(-c4ccccc4)c3)c21.[Pt]. The minimum absolute atomic E-state index is 0. The third kappa shape index (κ3) is 5.02. The number of benzene rings is 6. The van der Waals surface area contributed by atoms with Gasteiger partial charge < -0.3 is 5.11 Å². The average Bonchev–Trinajstić information content (AvgIpc) is 3.65. The largest absolute Gasteiger partial charge is 0.507 e. The van der Waals surface area contributed by atoms with Gasteiger partial charge in [0.1, 0.15) is 11.6 Å². The van der Waals surface area contributed by atoms with Crippen LogP contribution >= 0.6 is 0 Å². The molecule has 0 unspecified atom stereocenters. The number of aromatic hydroxyl groups is 1. The molecule has 1 aliphatic carbocycles. The fourth-order valence-electron chi connectivity index (χ4n) is 7.56. The molecule has 9 rings (SSSR count). The molecule has 0 atom stereocenters. The van der Waals surface area contributed by atoms with E-state index in [1.54, 1.807) is 6.07 Å². The van der Waals surface area contributed by atoms with Crippen molar-refractivity contribution in [2.24, 2.45) is 0 Å². The first-order valence-corrected chi connectivity index (χ1v) is 16.6. The molecule has 1 aliphatic rings. The maximum Gasteiger partial charge on any atom is 0.148 e. The Hall–Kier alpha value is -5.57. The summed E-state index contributed by atoms with van der Waals surface area (Å²) in [6.45, 7) is 4.59. The molecule has 2 aromatic heterocycles. The first-order chi connectivity index (χ1) is 24.0. The van der Waals surface area contributed by atoms with Crippen LogP contribution in [0.1, 0.15) is 25.0 Å². The maximum atomic E-state index is 11.0. The van der Waals surface area contributed by atoms with Crippen LogP contribution in [0.5, 0.6) is 5.75 Å². The second-order valence-corrected chi connectivity index (χ2v) is 13.1. The number of aromatic nitrogens is 3. The van der Waals surface area contributed by atoms with Crippen molar-refractivity contribution in [1.82, 2.24) is 14.5 Å². The van der Waals surface area contributed by atoms with E-state index in [4.69, 9.17) is 9.97 Å². The molecule has 8 aromatic rings. The normalized spacial score (nSPS) is 12.7. The van der Waals surface area contributed by atoms with Crippen LogP contribution < -0.4 is 0 Å². The minimum atomic E-state index is -0.229. The summed E-state index contributed by atoms with van der Waals surface area (Å²) >= 11 is 0. The van der Waals surface area contributed by atoms with Crippen molar-refractivity contribution >= 4 is 11.0 Å². The number of nitrogens with zero attached hydrogens (tertiary/aromatic N) is 3. The Morgan fingerprint density at radius 3 is 2.06 bits per heavy atom. The molecule has 0 radical (unpaired) electrons. The molecule has 6 aromatic carbocycles. The number of hydrogen-bond acceptors (Lipinski definition) is 3. The van der Waals surface area contributed by atoms with Crippen molar-refractivity contribution in [3.8, 4) is 67.5 Å². The Morgan fingerprint density at radius 2 is 1.28 bits per heavy atom. The number of phenols is 1. The predicted molar refractivity (Wildman–Crippen MR) is 199 cm³/mol. The zero-order valence-corrected chi connectivity index (χ0v) is 29.8. The van der Waals surface area contributed by atoms with E-state index in [0.29, 0.717) is 11.4 Å². The zero-order chi connectivity index (χ0) is 33.1. The van der Waals surface area contributed by atoms with Crippen molar-refractivity contribution in [3.05, 3.63) is 169 Å². The summed E-state index contributed by atoms with van der Waals surface area (Å²) in [5, 5.41) is 11.0. The molecule has 0 bridgehead atoms. The van der Waals surface area contributed by atoms with Crippen LogP contribution in [0, 0.1) is 6.07 Å². The molecule has 5 heteroatoms. The summed E-state index contributed by atoms with van der Waals surface area (Å²) in [7, 11) is 0. The van der Waals surface area contributed by atoms with Gasteiger partial charge in [-0.05, 0) is 64.2 Å². The van der Waals surface area contributed by atoms with Crippen LogP contribution in [0.25, 0.3) is 72.7 Å². The standard InChI is InChI=1S/C45H32N3O.Pt/c1-45(2)38-21-11-9-18-35(38)36-24-25-46-42(41(36)45)32-27-30(29-14-5-3-6-15-29)26-31(28-32)34-20-13-22-39-43(34)47-44(37-19-10-12-23-40(37)49)48(39)33-16-7-4-8-17-33;/h3-27,49H,1-2H3;/q-1;. The summed E-state index contributed by atoms with van der Waals surface area (Å²) in [6.07, 6.45) is 1.93. The minimum Gasteiger partial charge on any atom is -0.507 e. The number of imidazole rings is 1. The first-order valence-electron chi connectivity index (χ1n) is 16.6. The van der Waals surface area contributed by atoms with Gasteiger partial charge in [-0.25, -0.2) is 4.98 Å². The second kappa shape index (κ2) is 12.4. The summed E-state index contributed by atoms with van der Waals surface area (Å²) in [4.78, 5) is 10.3. The molecular formula is C45H32N3OPt-. The van der Waals surface area contributed by atoms with Crippen molar-refractivity contribution in [3.63, 3.8) is 0 Å². The van der Waals surface area contributed by atoms with Crippen molar-refractivity contribution in [2.75, 3.05) is 0 Å². The van der Waals surface area contributed by atoms with E-state index in [0.717, 1.165) is 50.2 Å². The molecule has 4 nitrogen and oxygen atoms in total. The number of pyridine rings is 1. The Kier molecular flexibility index (Phi) is 7.85. The van der Waals surface area contributed by atoms with E-state index >= 15 is 0 Å². The molecule has 1 N–H and O–H groups in total. The van der Waals surface area contributed by atoms with Crippen LogP contribution in [0.4, 0.5) is 0 Å². The molecule has 0 saturated carbocycles. The van der Waals surface area contributed by atoms with Crippen molar-refractivity contribution in [1.29, 1.82) is 0 Å². The van der Waals surface area contributed by atoms with Crippen LogP contribution in [0.2, 0.25) is 0 Å². The van der Waals surface area contributed by atoms with Gasteiger partial charge in [-0.2, -0.15) is 0 Å². The number of hydrogen-bond donors (Lipinski definition) is 1. The van der Waals surface area contributed by atoms with E-state index in [9.17, 15) is 5.11 Å². The smallest absolute Gasteiger partial charge is 0.148 e. The summed E-state index contributed by atoms with van der Waals surface area (Å²) in [5.74, 6) is 0.859. The molecule has 2 heterocycles. The topological polar surface area (TPSA) is 50.9 Å². The summed E-state index contributed by atoms with van der Waals surface area (Å²) < 4.78 is 2.13. The predicted octanol–water partition coefficient (Wildman–Crippen LogP) is 10.9.